The second-order valence-electron chi connectivity index (χ2n) is 6.90. The first-order valence-electron chi connectivity index (χ1n) is 9.18. The van der Waals surface area contributed by atoms with E-state index in [4.69, 9.17) is 0 Å². The molecule has 7 heteroatoms. The summed E-state index contributed by atoms with van der Waals surface area (Å²) in [4.78, 5) is 31.6. The third-order valence-electron chi connectivity index (χ3n) is 5.02. The number of thiazole rings is 1. The number of benzene rings is 1. The van der Waals surface area contributed by atoms with Gasteiger partial charge in [0.05, 0.1) is 12.1 Å². The fourth-order valence-corrected chi connectivity index (χ4v) is 4.96. The molecule has 1 amide bonds. The van der Waals surface area contributed by atoms with E-state index in [1.165, 1.54) is 12.1 Å². The minimum absolute atomic E-state index is 0.0673. The Kier molecular flexibility index (Phi) is 5.54. The number of rotatable bonds is 5. The van der Waals surface area contributed by atoms with Crippen LogP contribution in [0.25, 0.3) is 10.6 Å². The first-order chi connectivity index (χ1) is 13.6. The van der Waals surface area contributed by atoms with Crippen molar-refractivity contribution < 1.29 is 14.7 Å². The number of aromatic nitrogens is 1. The number of Topliss-reactive ketones (excluding diaryl/α,β-unsaturated/α-hetero) is 1. The molecule has 0 unspecified atom stereocenters. The summed E-state index contributed by atoms with van der Waals surface area (Å²) in [5, 5.41) is 16.3. The lowest BCUT2D eigenvalue weighted by molar-refractivity contribution is -0.131. The third kappa shape index (κ3) is 4.15. The molecule has 1 saturated heterocycles. The number of phenols is 1. The van der Waals surface area contributed by atoms with Crippen LogP contribution in [0.4, 0.5) is 0 Å². The van der Waals surface area contributed by atoms with Gasteiger partial charge in [0.15, 0.2) is 5.78 Å². The number of aromatic hydroxyl groups is 1. The number of carbonyl (C=O) groups excluding carboxylic acids is 2. The van der Waals surface area contributed by atoms with Crippen LogP contribution in [0.3, 0.4) is 0 Å². The van der Waals surface area contributed by atoms with Gasteiger partial charge >= 0.3 is 0 Å². The summed E-state index contributed by atoms with van der Waals surface area (Å²) in [6.45, 7) is 1.18. The first kappa shape index (κ1) is 18.8. The zero-order valence-corrected chi connectivity index (χ0v) is 16.8. The highest BCUT2D eigenvalue weighted by molar-refractivity contribution is 7.14. The molecule has 144 valence electrons. The van der Waals surface area contributed by atoms with Gasteiger partial charge in [0, 0.05) is 40.9 Å². The normalized spacial score (nSPS) is 14.9. The van der Waals surface area contributed by atoms with Crippen molar-refractivity contribution in [3.05, 3.63) is 57.7 Å². The van der Waals surface area contributed by atoms with Crippen molar-refractivity contribution >= 4 is 34.4 Å². The lowest BCUT2D eigenvalue weighted by Gasteiger charge is -2.31. The summed E-state index contributed by atoms with van der Waals surface area (Å²) >= 11 is 3.19. The minimum atomic E-state index is -0.0712. The quantitative estimate of drug-likeness (QED) is 0.636. The van der Waals surface area contributed by atoms with Crippen LogP contribution in [0.2, 0.25) is 0 Å². The van der Waals surface area contributed by atoms with Gasteiger partial charge in [0.25, 0.3) is 0 Å². The fraction of sp³-hybridized carbons (Fsp3) is 0.286. The van der Waals surface area contributed by atoms with Gasteiger partial charge in [-0.15, -0.1) is 11.3 Å². The van der Waals surface area contributed by atoms with E-state index in [1.54, 1.807) is 34.8 Å². The number of phenolic OH excluding ortho intramolecular Hbond substituents is 1. The third-order valence-corrected chi connectivity index (χ3v) is 6.65. The molecule has 5 nitrogen and oxygen atoms in total. The number of likely N-dealkylation sites (tertiary alicyclic amines) is 1. The van der Waals surface area contributed by atoms with Crippen LogP contribution in [0, 0.1) is 5.92 Å². The SMILES string of the molecule is O=C(c1ccc(O)cc1)C1CCN(C(=O)Cc2csc(-c3ccsc3)n2)CC1. The highest BCUT2D eigenvalue weighted by atomic mass is 32.1. The van der Waals surface area contributed by atoms with Gasteiger partial charge in [0.2, 0.25) is 5.91 Å². The van der Waals surface area contributed by atoms with E-state index in [1.807, 2.05) is 21.7 Å². The minimum Gasteiger partial charge on any atom is -0.508 e. The van der Waals surface area contributed by atoms with Gasteiger partial charge in [0.1, 0.15) is 10.8 Å². The van der Waals surface area contributed by atoms with Crippen molar-refractivity contribution in [3.63, 3.8) is 0 Å². The molecule has 1 aliphatic rings. The molecule has 4 rings (SSSR count). The number of piperidine rings is 1. The average molecular weight is 413 g/mol. The molecule has 0 aliphatic carbocycles. The molecular weight excluding hydrogens is 392 g/mol. The lowest BCUT2D eigenvalue weighted by atomic mass is 9.88. The van der Waals surface area contributed by atoms with Crippen LogP contribution >= 0.6 is 22.7 Å². The van der Waals surface area contributed by atoms with Crippen molar-refractivity contribution in [2.75, 3.05) is 13.1 Å². The van der Waals surface area contributed by atoms with E-state index in [-0.39, 0.29) is 23.4 Å². The van der Waals surface area contributed by atoms with E-state index in [9.17, 15) is 14.7 Å². The Balaban J connectivity index is 1.31. The second-order valence-corrected chi connectivity index (χ2v) is 8.54. The summed E-state index contributed by atoms with van der Waals surface area (Å²) < 4.78 is 0. The van der Waals surface area contributed by atoms with E-state index in [0.29, 0.717) is 37.9 Å². The first-order valence-corrected chi connectivity index (χ1v) is 11.0. The van der Waals surface area contributed by atoms with Gasteiger partial charge < -0.3 is 10.0 Å². The van der Waals surface area contributed by atoms with Gasteiger partial charge in [-0.1, -0.05) is 0 Å². The largest absolute Gasteiger partial charge is 0.508 e. The maximum Gasteiger partial charge on any atom is 0.228 e. The summed E-state index contributed by atoms with van der Waals surface area (Å²) in [7, 11) is 0. The number of carbonyl (C=O) groups is 2. The molecule has 1 fully saturated rings. The molecule has 28 heavy (non-hydrogen) atoms. The second kappa shape index (κ2) is 8.24. The molecule has 0 saturated carbocycles. The molecule has 3 aromatic rings. The van der Waals surface area contributed by atoms with Gasteiger partial charge in [-0.2, -0.15) is 11.3 Å². The van der Waals surface area contributed by atoms with Crippen molar-refractivity contribution in [3.8, 4) is 16.3 Å². The fourth-order valence-electron chi connectivity index (χ4n) is 3.43. The smallest absolute Gasteiger partial charge is 0.228 e. The Morgan fingerprint density at radius 1 is 1.11 bits per heavy atom. The summed E-state index contributed by atoms with van der Waals surface area (Å²) in [5.74, 6) is 0.240. The summed E-state index contributed by atoms with van der Waals surface area (Å²) in [6, 6.07) is 8.41. The van der Waals surface area contributed by atoms with Crippen LogP contribution in [0.1, 0.15) is 28.9 Å². The maximum atomic E-state index is 12.6. The van der Waals surface area contributed by atoms with Crippen LogP contribution in [0.15, 0.2) is 46.5 Å². The van der Waals surface area contributed by atoms with Crippen LogP contribution in [0.5, 0.6) is 5.75 Å². The molecule has 0 bridgehead atoms. The Morgan fingerprint density at radius 2 is 1.86 bits per heavy atom. The zero-order valence-electron chi connectivity index (χ0n) is 15.2. The molecular formula is C21H20N2O3S2. The van der Waals surface area contributed by atoms with Crippen molar-refractivity contribution in [1.82, 2.24) is 9.88 Å². The summed E-state index contributed by atoms with van der Waals surface area (Å²) in [5.41, 5.74) is 2.52. The highest BCUT2D eigenvalue weighted by Gasteiger charge is 2.28. The number of hydrogen-bond acceptors (Lipinski definition) is 6. The standard InChI is InChI=1S/C21H20N2O3S2/c24-18-3-1-14(2-4-18)20(26)15-5-8-23(9-6-15)19(25)11-17-13-28-21(22-17)16-7-10-27-12-16/h1-4,7,10,12-13,15,24H,5-6,8-9,11H2. The van der Waals surface area contributed by atoms with Crippen LogP contribution in [-0.4, -0.2) is 39.8 Å². The van der Waals surface area contributed by atoms with Gasteiger partial charge in [-0.3, -0.25) is 9.59 Å². The van der Waals surface area contributed by atoms with E-state index in [0.717, 1.165) is 16.3 Å². The van der Waals surface area contributed by atoms with Crippen molar-refractivity contribution in [2.24, 2.45) is 5.92 Å². The number of amides is 1. The zero-order chi connectivity index (χ0) is 19.5. The van der Waals surface area contributed by atoms with E-state index in [2.05, 4.69) is 10.4 Å². The Labute approximate surface area is 171 Å². The molecule has 1 aliphatic heterocycles. The average Bonchev–Trinajstić information content (AvgIpc) is 3.40. The predicted molar refractivity (Wildman–Crippen MR) is 111 cm³/mol. The van der Waals surface area contributed by atoms with Gasteiger partial charge in [-0.05, 0) is 48.6 Å². The number of hydrogen-bond donors (Lipinski definition) is 1. The molecule has 1 aromatic carbocycles. The highest BCUT2D eigenvalue weighted by Crippen LogP contribution is 2.27. The molecule has 0 radical (unpaired) electrons. The Bertz CT molecular complexity index is 956. The maximum absolute atomic E-state index is 12.6. The number of nitrogens with zero attached hydrogens (tertiary/aromatic N) is 2. The van der Waals surface area contributed by atoms with Crippen molar-refractivity contribution in [1.29, 1.82) is 0 Å². The van der Waals surface area contributed by atoms with Crippen LogP contribution in [-0.2, 0) is 11.2 Å². The monoisotopic (exact) mass is 412 g/mol. The van der Waals surface area contributed by atoms with Gasteiger partial charge in [-0.25, -0.2) is 4.98 Å². The molecule has 1 N–H and O–H groups in total. The molecule has 3 heterocycles. The van der Waals surface area contributed by atoms with E-state index < -0.39 is 0 Å². The topological polar surface area (TPSA) is 70.5 Å². The molecule has 0 spiro atoms. The number of ketones is 1. The van der Waals surface area contributed by atoms with E-state index >= 15 is 0 Å². The predicted octanol–water partition coefficient (Wildman–Crippen LogP) is 4.24. The lowest BCUT2D eigenvalue weighted by Crippen LogP contribution is -2.41. The van der Waals surface area contributed by atoms with Crippen molar-refractivity contribution in [2.45, 2.75) is 19.3 Å². The Hall–Kier alpha value is -2.51. The number of thiophene rings is 1. The Morgan fingerprint density at radius 3 is 2.54 bits per heavy atom. The molecule has 2 aromatic heterocycles. The summed E-state index contributed by atoms with van der Waals surface area (Å²) in [6.07, 6.45) is 1.64. The van der Waals surface area contributed by atoms with Crippen LogP contribution < -0.4 is 0 Å². The molecule has 0 atom stereocenters.